The quantitative estimate of drug-likeness (QED) is 0.874. The van der Waals surface area contributed by atoms with Crippen molar-refractivity contribution in [1.29, 1.82) is 0 Å². The number of ether oxygens (including phenoxy) is 1. The minimum atomic E-state index is -0.590. The molecule has 0 heterocycles. The number of benzene rings is 2. The van der Waals surface area contributed by atoms with E-state index in [2.05, 4.69) is 12.2 Å². The van der Waals surface area contributed by atoms with Gasteiger partial charge >= 0.3 is 0 Å². The number of aryl methyl sites for hydroxylation is 2. The lowest BCUT2D eigenvalue weighted by atomic mass is 10.1. The van der Waals surface area contributed by atoms with Gasteiger partial charge in [0, 0.05) is 10.7 Å². The van der Waals surface area contributed by atoms with E-state index >= 15 is 0 Å². The highest BCUT2D eigenvalue weighted by molar-refractivity contribution is 6.31. The van der Waals surface area contributed by atoms with Crippen LogP contribution >= 0.6 is 11.6 Å². The van der Waals surface area contributed by atoms with Gasteiger partial charge in [-0.05, 0) is 49.6 Å². The summed E-state index contributed by atoms with van der Waals surface area (Å²) in [5, 5.41) is 3.45. The monoisotopic (exact) mass is 317 g/mol. The lowest BCUT2D eigenvalue weighted by Crippen LogP contribution is -2.30. The number of anilines is 1. The minimum absolute atomic E-state index is 0.203. The maximum absolute atomic E-state index is 12.2. The summed E-state index contributed by atoms with van der Waals surface area (Å²) in [6.07, 6.45) is 0.269. The van der Waals surface area contributed by atoms with E-state index in [1.165, 1.54) is 0 Å². The molecule has 2 aromatic rings. The highest BCUT2D eigenvalue weighted by atomic mass is 35.5. The third kappa shape index (κ3) is 4.01. The molecule has 4 heteroatoms. The number of carbonyl (C=O) groups is 1. The molecule has 0 saturated carbocycles. The van der Waals surface area contributed by atoms with Gasteiger partial charge in [-0.25, -0.2) is 0 Å². The standard InChI is InChI=1S/C18H20ClNO2/c1-4-14-7-5-6-8-17(14)22-13(3)18(21)20-15-10-9-12(2)16(19)11-15/h5-11,13H,4H2,1-3H3,(H,20,21)/t13-/m0/s1. The Balaban J connectivity index is 2.04. The van der Waals surface area contributed by atoms with Gasteiger partial charge < -0.3 is 10.1 Å². The van der Waals surface area contributed by atoms with E-state index in [1.807, 2.05) is 43.3 Å². The van der Waals surface area contributed by atoms with E-state index in [-0.39, 0.29) is 5.91 Å². The van der Waals surface area contributed by atoms with E-state index in [1.54, 1.807) is 13.0 Å². The minimum Gasteiger partial charge on any atom is -0.481 e. The van der Waals surface area contributed by atoms with Crippen LogP contribution in [-0.4, -0.2) is 12.0 Å². The van der Waals surface area contributed by atoms with E-state index < -0.39 is 6.10 Å². The Morgan fingerprint density at radius 3 is 2.68 bits per heavy atom. The Hall–Kier alpha value is -2.00. The zero-order valence-electron chi connectivity index (χ0n) is 13.0. The Morgan fingerprint density at radius 1 is 1.27 bits per heavy atom. The van der Waals surface area contributed by atoms with Crippen LogP contribution in [0.3, 0.4) is 0 Å². The molecular formula is C18H20ClNO2. The first-order valence-electron chi connectivity index (χ1n) is 7.33. The molecule has 0 aliphatic carbocycles. The lowest BCUT2D eigenvalue weighted by Gasteiger charge is -2.17. The second kappa shape index (κ2) is 7.32. The predicted octanol–water partition coefficient (Wildman–Crippen LogP) is 4.62. The van der Waals surface area contributed by atoms with Gasteiger partial charge in [-0.15, -0.1) is 0 Å². The first-order valence-corrected chi connectivity index (χ1v) is 7.70. The lowest BCUT2D eigenvalue weighted by molar-refractivity contribution is -0.122. The maximum Gasteiger partial charge on any atom is 0.265 e. The Morgan fingerprint density at radius 2 is 2.00 bits per heavy atom. The Kier molecular flexibility index (Phi) is 5.45. The summed E-state index contributed by atoms with van der Waals surface area (Å²) in [5.74, 6) is 0.542. The predicted molar refractivity (Wildman–Crippen MR) is 90.7 cm³/mol. The fourth-order valence-electron chi connectivity index (χ4n) is 2.07. The van der Waals surface area contributed by atoms with Crippen molar-refractivity contribution in [2.45, 2.75) is 33.3 Å². The van der Waals surface area contributed by atoms with Gasteiger partial charge in [0.1, 0.15) is 5.75 Å². The van der Waals surface area contributed by atoms with Crippen LogP contribution in [0.5, 0.6) is 5.75 Å². The summed E-state index contributed by atoms with van der Waals surface area (Å²) >= 11 is 6.06. The molecule has 2 rings (SSSR count). The van der Waals surface area contributed by atoms with Gasteiger partial charge in [0.25, 0.3) is 5.91 Å². The number of rotatable bonds is 5. The second-order valence-corrected chi connectivity index (χ2v) is 5.58. The number of halogens is 1. The molecule has 0 aromatic heterocycles. The molecule has 22 heavy (non-hydrogen) atoms. The molecule has 0 bridgehead atoms. The van der Waals surface area contributed by atoms with E-state index in [9.17, 15) is 4.79 Å². The fourth-order valence-corrected chi connectivity index (χ4v) is 2.25. The van der Waals surface area contributed by atoms with Gasteiger partial charge in [0.15, 0.2) is 6.10 Å². The van der Waals surface area contributed by atoms with Gasteiger partial charge in [-0.1, -0.05) is 42.8 Å². The maximum atomic E-state index is 12.2. The molecule has 3 nitrogen and oxygen atoms in total. The topological polar surface area (TPSA) is 38.3 Å². The Labute approximate surface area is 136 Å². The number of carbonyl (C=O) groups excluding carboxylic acids is 1. The van der Waals surface area contributed by atoms with Crippen LogP contribution in [0, 0.1) is 6.92 Å². The SMILES string of the molecule is CCc1ccccc1O[C@@H](C)C(=O)Nc1ccc(C)c(Cl)c1. The van der Waals surface area contributed by atoms with Gasteiger partial charge in [-0.2, -0.15) is 0 Å². The summed E-state index contributed by atoms with van der Waals surface area (Å²) in [6.45, 7) is 5.71. The average Bonchev–Trinajstić information content (AvgIpc) is 2.51. The first-order chi connectivity index (χ1) is 10.5. The van der Waals surface area contributed by atoms with Crippen molar-refractivity contribution in [3.05, 3.63) is 58.6 Å². The van der Waals surface area contributed by atoms with E-state index in [0.29, 0.717) is 10.7 Å². The molecule has 1 amide bonds. The molecule has 1 N–H and O–H groups in total. The molecule has 0 radical (unpaired) electrons. The van der Waals surface area contributed by atoms with Gasteiger partial charge in [0.05, 0.1) is 0 Å². The number of nitrogens with one attached hydrogen (secondary N) is 1. The van der Waals surface area contributed by atoms with Crippen molar-refractivity contribution in [3.8, 4) is 5.75 Å². The van der Waals surface area contributed by atoms with Crippen LogP contribution in [0.15, 0.2) is 42.5 Å². The number of amides is 1. The molecular weight excluding hydrogens is 298 g/mol. The number of para-hydroxylation sites is 1. The molecule has 1 atom stereocenters. The third-order valence-corrected chi connectivity index (χ3v) is 3.87. The summed E-state index contributed by atoms with van der Waals surface area (Å²) in [5.41, 5.74) is 2.72. The van der Waals surface area contributed by atoms with E-state index in [4.69, 9.17) is 16.3 Å². The van der Waals surface area contributed by atoms with Gasteiger partial charge in [-0.3, -0.25) is 4.79 Å². The number of hydrogen-bond acceptors (Lipinski definition) is 2. The van der Waals surface area contributed by atoms with Crippen molar-refractivity contribution in [1.82, 2.24) is 0 Å². The van der Waals surface area contributed by atoms with E-state index in [0.717, 1.165) is 23.3 Å². The van der Waals surface area contributed by atoms with Crippen molar-refractivity contribution in [3.63, 3.8) is 0 Å². The summed E-state index contributed by atoms with van der Waals surface area (Å²) in [6, 6.07) is 13.2. The third-order valence-electron chi connectivity index (χ3n) is 3.47. The van der Waals surface area contributed by atoms with Crippen LogP contribution in [-0.2, 0) is 11.2 Å². The van der Waals surface area contributed by atoms with Crippen molar-refractivity contribution >= 4 is 23.2 Å². The zero-order valence-corrected chi connectivity index (χ0v) is 13.8. The van der Waals surface area contributed by atoms with Crippen LogP contribution in [0.4, 0.5) is 5.69 Å². The highest BCUT2D eigenvalue weighted by Crippen LogP contribution is 2.22. The molecule has 0 saturated heterocycles. The van der Waals surface area contributed by atoms with Crippen molar-refractivity contribution in [2.75, 3.05) is 5.32 Å². The second-order valence-electron chi connectivity index (χ2n) is 5.17. The normalized spacial score (nSPS) is 11.8. The molecule has 2 aromatic carbocycles. The van der Waals surface area contributed by atoms with Crippen molar-refractivity contribution in [2.24, 2.45) is 0 Å². The van der Waals surface area contributed by atoms with Crippen LogP contribution in [0.2, 0.25) is 5.02 Å². The number of hydrogen-bond donors (Lipinski definition) is 1. The first kappa shape index (κ1) is 16.4. The molecule has 116 valence electrons. The summed E-state index contributed by atoms with van der Waals surface area (Å²) in [7, 11) is 0. The van der Waals surface area contributed by atoms with Gasteiger partial charge in [0.2, 0.25) is 0 Å². The summed E-state index contributed by atoms with van der Waals surface area (Å²) in [4.78, 5) is 12.2. The molecule has 0 aliphatic heterocycles. The largest absolute Gasteiger partial charge is 0.481 e. The van der Waals surface area contributed by atoms with Crippen LogP contribution < -0.4 is 10.1 Å². The fraction of sp³-hybridized carbons (Fsp3) is 0.278. The molecule has 0 unspecified atom stereocenters. The molecule has 0 spiro atoms. The Bertz CT molecular complexity index is 670. The summed E-state index contributed by atoms with van der Waals surface area (Å²) < 4.78 is 5.78. The molecule has 0 fully saturated rings. The van der Waals surface area contributed by atoms with Crippen molar-refractivity contribution < 1.29 is 9.53 Å². The highest BCUT2D eigenvalue weighted by Gasteiger charge is 2.16. The average molecular weight is 318 g/mol. The molecule has 0 aliphatic rings. The van der Waals surface area contributed by atoms with Crippen LogP contribution in [0.1, 0.15) is 25.0 Å². The zero-order chi connectivity index (χ0) is 16.1. The van der Waals surface area contributed by atoms with Crippen LogP contribution in [0.25, 0.3) is 0 Å². The smallest absolute Gasteiger partial charge is 0.265 e.